The maximum Gasteiger partial charge on any atom is 0.252 e. The first-order valence-corrected chi connectivity index (χ1v) is 10.0. The lowest BCUT2D eigenvalue weighted by atomic mass is 10.0. The Bertz CT molecular complexity index is 990. The first kappa shape index (κ1) is 24.1. The molecule has 6 nitrogen and oxygen atoms in total. The predicted molar refractivity (Wildman–Crippen MR) is 125 cm³/mol. The summed E-state index contributed by atoms with van der Waals surface area (Å²) in [5.74, 6) is 0.284. The molecule has 0 spiro atoms. The third kappa shape index (κ3) is 4.61. The van der Waals surface area contributed by atoms with Gasteiger partial charge in [-0.15, -0.1) is 24.8 Å². The second-order valence-corrected chi connectivity index (χ2v) is 7.85. The monoisotopic (exact) mass is 449 g/mol. The van der Waals surface area contributed by atoms with Gasteiger partial charge in [0.1, 0.15) is 0 Å². The second-order valence-electron chi connectivity index (χ2n) is 7.85. The first-order valence-electron chi connectivity index (χ1n) is 10.0. The van der Waals surface area contributed by atoms with E-state index in [1.807, 2.05) is 41.1 Å². The number of carbonyl (C=O) groups excluding carboxylic acids is 1. The van der Waals surface area contributed by atoms with Crippen LogP contribution in [0.15, 0.2) is 42.6 Å². The molecular weight excluding hydrogens is 421 g/mol. The summed E-state index contributed by atoms with van der Waals surface area (Å²) in [7, 11) is 0. The molecule has 4 rings (SSSR count). The molecule has 0 bridgehead atoms. The van der Waals surface area contributed by atoms with E-state index >= 15 is 0 Å². The number of benzene rings is 1. The molecule has 1 fully saturated rings. The largest absolute Gasteiger partial charge is 0.349 e. The molecule has 0 saturated heterocycles. The van der Waals surface area contributed by atoms with Crippen molar-refractivity contribution >= 4 is 41.8 Å². The highest BCUT2D eigenvalue weighted by molar-refractivity contribution is 6.06. The average molecular weight is 450 g/mol. The van der Waals surface area contributed by atoms with Crippen molar-refractivity contribution in [2.45, 2.75) is 45.2 Å². The van der Waals surface area contributed by atoms with Crippen LogP contribution in [0.3, 0.4) is 0 Å². The smallest absolute Gasteiger partial charge is 0.252 e. The maximum absolute atomic E-state index is 13.2. The Hall–Kier alpha value is -2.15. The van der Waals surface area contributed by atoms with E-state index in [4.69, 9.17) is 10.7 Å². The summed E-state index contributed by atoms with van der Waals surface area (Å²) < 4.78 is 1.87. The fourth-order valence-corrected chi connectivity index (χ4v) is 4.10. The number of nitrogens with two attached hydrogens (primary N) is 1. The molecular formula is C22H29Cl2N5O. The summed E-state index contributed by atoms with van der Waals surface area (Å²) in [5.41, 5.74) is 9.02. The van der Waals surface area contributed by atoms with Crippen LogP contribution in [-0.2, 0) is 0 Å². The SMILES string of the molecule is CC(C)n1ncc2c(C(=O)NC3CCCC3CN)cc(-c3ccccc3)nc21.Cl.Cl. The number of amides is 1. The highest BCUT2D eigenvalue weighted by Gasteiger charge is 2.28. The van der Waals surface area contributed by atoms with Gasteiger partial charge in [-0.1, -0.05) is 36.8 Å². The van der Waals surface area contributed by atoms with Gasteiger partial charge in [0.05, 0.1) is 22.8 Å². The van der Waals surface area contributed by atoms with Crippen LogP contribution in [0.1, 0.15) is 49.5 Å². The zero-order valence-electron chi connectivity index (χ0n) is 17.2. The third-order valence-electron chi connectivity index (χ3n) is 5.65. The van der Waals surface area contributed by atoms with Gasteiger partial charge < -0.3 is 11.1 Å². The first-order chi connectivity index (χ1) is 13.6. The normalized spacial score (nSPS) is 18.1. The quantitative estimate of drug-likeness (QED) is 0.604. The fraction of sp³-hybridized carbons (Fsp3) is 0.409. The zero-order chi connectivity index (χ0) is 19.7. The van der Waals surface area contributed by atoms with Crippen LogP contribution < -0.4 is 11.1 Å². The van der Waals surface area contributed by atoms with E-state index in [-0.39, 0.29) is 42.8 Å². The molecule has 30 heavy (non-hydrogen) atoms. The number of aromatic nitrogens is 3. The number of nitrogens with one attached hydrogen (secondary N) is 1. The lowest BCUT2D eigenvalue weighted by Gasteiger charge is -2.20. The standard InChI is InChI=1S/C22H27N5O.2ClH/c1-14(2)27-21-18(13-24-27)17(11-20(25-21)15-7-4-3-5-8-15)22(28)26-19-10-6-9-16(19)12-23;;/h3-5,7-8,11,13-14,16,19H,6,9-10,12,23H2,1-2H3,(H,26,28);2*1H. The molecule has 1 saturated carbocycles. The van der Waals surface area contributed by atoms with E-state index < -0.39 is 0 Å². The summed E-state index contributed by atoms with van der Waals surface area (Å²) >= 11 is 0. The van der Waals surface area contributed by atoms with Gasteiger partial charge in [0.2, 0.25) is 0 Å². The van der Waals surface area contributed by atoms with E-state index in [2.05, 4.69) is 24.3 Å². The Morgan fingerprint density at radius 3 is 2.63 bits per heavy atom. The molecule has 2 atom stereocenters. The van der Waals surface area contributed by atoms with Gasteiger partial charge in [0, 0.05) is 17.6 Å². The molecule has 8 heteroatoms. The summed E-state index contributed by atoms with van der Waals surface area (Å²) in [6, 6.07) is 12.1. The zero-order valence-corrected chi connectivity index (χ0v) is 18.9. The minimum Gasteiger partial charge on any atom is -0.349 e. The van der Waals surface area contributed by atoms with Crippen LogP contribution in [0, 0.1) is 5.92 Å². The van der Waals surface area contributed by atoms with Gasteiger partial charge in [-0.05, 0) is 45.2 Å². The minimum atomic E-state index is -0.0711. The highest BCUT2D eigenvalue weighted by Crippen LogP contribution is 2.28. The summed E-state index contributed by atoms with van der Waals surface area (Å²) in [5, 5.41) is 8.50. The van der Waals surface area contributed by atoms with Gasteiger partial charge in [0.25, 0.3) is 5.91 Å². The topological polar surface area (TPSA) is 85.8 Å². The summed E-state index contributed by atoms with van der Waals surface area (Å²) in [6.45, 7) is 4.73. The molecule has 3 aromatic rings. The lowest BCUT2D eigenvalue weighted by molar-refractivity contribution is 0.0930. The molecule has 162 valence electrons. The van der Waals surface area contributed by atoms with Crippen molar-refractivity contribution in [3.05, 3.63) is 48.2 Å². The molecule has 2 unspecified atom stereocenters. The Morgan fingerprint density at radius 2 is 1.97 bits per heavy atom. The van der Waals surface area contributed by atoms with Crippen molar-refractivity contribution in [2.75, 3.05) is 6.54 Å². The Kier molecular flexibility index (Phi) is 8.24. The van der Waals surface area contributed by atoms with E-state index in [1.165, 1.54) is 0 Å². The van der Waals surface area contributed by atoms with Crippen molar-refractivity contribution in [2.24, 2.45) is 11.7 Å². The predicted octanol–water partition coefficient (Wildman–Crippen LogP) is 4.38. The number of hydrogen-bond donors (Lipinski definition) is 2. The number of fused-ring (bicyclic) bond motifs is 1. The number of carbonyl (C=O) groups is 1. The average Bonchev–Trinajstić information content (AvgIpc) is 3.34. The number of nitrogens with zero attached hydrogens (tertiary/aromatic N) is 3. The summed E-state index contributed by atoms with van der Waals surface area (Å²) in [6.07, 6.45) is 4.92. The van der Waals surface area contributed by atoms with Crippen LogP contribution in [0.25, 0.3) is 22.3 Å². The van der Waals surface area contributed by atoms with E-state index in [0.29, 0.717) is 18.0 Å². The molecule has 1 aliphatic carbocycles. The van der Waals surface area contributed by atoms with Crippen molar-refractivity contribution < 1.29 is 4.79 Å². The van der Waals surface area contributed by atoms with Crippen molar-refractivity contribution in [3.63, 3.8) is 0 Å². The van der Waals surface area contributed by atoms with Crippen molar-refractivity contribution in [1.82, 2.24) is 20.1 Å². The third-order valence-corrected chi connectivity index (χ3v) is 5.65. The van der Waals surface area contributed by atoms with Crippen molar-refractivity contribution in [1.29, 1.82) is 0 Å². The fourth-order valence-electron chi connectivity index (χ4n) is 4.10. The molecule has 0 radical (unpaired) electrons. The highest BCUT2D eigenvalue weighted by atomic mass is 35.5. The van der Waals surface area contributed by atoms with E-state index in [1.54, 1.807) is 6.20 Å². The minimum absolute atomic E-state index is 0. The van der Waals surface area contributed by atoms with Gasteiger partial charge in [-0.2, -0.15) is 5.10 Å². The molecule has 1 aliphatic rings. The van der Waals surface area contributed by atoms with Crippen molar-refractivity contribution in [3.8, 4) is 11.3 Å². The van der Waals surface area contributed by atoms with Gasteiger partial charge >= 0.3 is 0 Å². The van der Waals surface area contributed by atoms with Crippen LogP contribution >= 0.6 is 24.8 Å². The van der Waals surface area contributed by atoms with E-state index in [9.17, 15) is 4.79 Å². The van der Waals surface area contributed by atoms with Crippen LogP contribution in [0.4, 0.5) is 0 Å². The molecule has 3 N–H and O–H groups in total. The molecule has 2 heterocycles. The number of rotatable bonds is 5. The molecule has 1 amide bonds. The van der Waals surface area contributed by atoms with Gasteiger partial charge in [-0.3, -0.25) is 4.79 Å². The second kappa shape index (κ2) is 10.2. The maximum atomic E-state index is 13.2. The number of pyridine rings is 1. The Labute approximate surface area is 189 Å². The van der Waals surface area contributed by atoms with Gasteiger partial charge in [-0.25, -0.2) is 9.67 Å². The molecule has 2 aromatic heterocycles. The summed E-state index contributed by atoms with van der Waals surface area (Å²) in [4.78, 5) is 18.1. The lowest BCUT2D eigenvalue weighted by Crippen LogP contribution is -2.40. The number of hydrogen-bond acceptors (Lipinski definition) is 4. The van der Waals surface area contributed by atoms with E-state index in [0.717, 1.165) is 41.6 Å². The molecule has 0 aliphatic heterocycles. The van der Waals surface area contributed by atoms with Crippen LogP contribution in [0.2, 0.25) is 0 Å². The Balaban J connectivity index is 0.00000160. The number of halogens is 2. The Morgan fingerprint density at radius 1 is 1.23 bits per heavy atom. The van der Waals surface area contributed by atoms with Gasteiger partial charge in [0.15, 0.2) is 5.65 Å². The molecule has 1 aromatic carbocycles. The van der Waals surface area contributed by atoms with Crippen LogP contribution in [0.5, 0.6) is 0 Å². The van der Waals surface area contributed by atoms with Crippen LogP contribution in [-0.4, -0.2) is 33.3 Å².